The third-order valence-electron chi connectivity index (χ3n) is 10.4. The summed E-state index contributed by atoms with van der Waals surface area (Å²) in [6.07, 6.45) is 0. The van der Waals surface area contributed by atoms with E-state index < -0.39 is 25.0 Å². The molecule has 266 valence electrons. The molecular formula is C48H40O3P2S. The van der Waals surface area contributed by atoms with Gasteiger partial charge in [0.05, 0.1) is 0 Å². The first-order valence-electron chi connectivity index (χ1n) is 17.9. The van der Waals surface area contributed by atoms with Crippen molar-refractivity contribution in [2.24, 2.45) is 0 Å². The summed E-state index contributed by atoms with van der Waals surface area (Å²) in [6, 6.07) is 82.1. The van der Waals surface area contributed by atoms with Crippen molar-refractivity contribution >= 4 is 67.5 Å². The molecule has 0 unspecified atom stereocenters. The SMILES string of the molecule is O=S(OP(c1ccccc1)(c1ccccc1)(c1ccccc1)c1ccccc1)OP(c1ccccc1)(c1ccccc1)(c1ccccc1)c1ccccc1. The van der Waals surface area contributed by atoms with E-state index in [-0.39, 0.29) is 0 Å². The Kier molecular flexibility index (Phi) is 9.81. The first-order valence-corrected chi connectivity index (χ1v) is 23.2. The minimum atomic E-state index is -4.40. The Morgan fingerprint density at radius 2 is 0.370 bits per heavy atom. The Morgan fingerprint density at radius 1 is 0.241 bits per heavy atom. The van der Waals surface area contributed by atoms with Gasteiger partial charge in [-0.2, -0.15) is 0 Å². The van der Waals surface area contributed by atoms with Crippen LogP contribution in [0.2, 0.25) is 0 Å². The fourth-order valence-corrected chi connectivity index (χ4v) is 22.7. The minimum absolute atomic E-state index is 0.906. The van der Waals surface area contributed by atoms with Crippen molar-refractivity contribution in [2.75, 3.05) is 0 Å². The number of rotatable bonds is 12. The number of hydrogen-bond donors (Lipinski definition) is 0. The van der Waals surface area contributed by atoms with Gasteiger partial charge >= 0.3 is 322 Å². The Hall–Kier alpha value is -5.31. The summed E-state index contributed by atoms with van der Waals surface area (Å²) in [5.74, 6) is 0. The Labute approximate surface area is 320 Å². The van der Waals surface area contributed by atoms with Gasteiger partial charge in [0.25, 0.3) is 0 Å². The normalized spacial score (nSPS) is 13.8. The van der Waals surface area contributed by atoms with Crippen molar-refractivity contribution in [1.29, 1.82) is 0 Å². The summed E-state index contributed by atoms with van der Waals surface area (Å²) >= 11 is -2.43. The van der Waals surface area contributed by atoms with Gasteiger partial charge < -0.3 is 0 Å². The zero-order valence-corrected chi connectivity index (χ0v) is 32.2. The monoisotopic (exact) mass is 758 g/mol. The molecule has 0 N–H and O–H groups in total. The molecule has 0 fully saturated rings. The van der Waals surface area contributed by atoms with Gasteiger partial charge in [-0.05, 0) is 0 Å². The number of benzene rings is 8. The molecule has 0 aliphatic carbocycles. The topological polar surface area (TPSA) is 35.5 Å². The molecule has 0 radical (unpaired) electrons. The molecule has 8 rings (SSSR count). The van der Waals surface area contributed by atoms with Crippen LogP contribution >= 0.6 is 13.7 Å². The zero-order chi connectivity index (χ0) is 36.8. The zero-order valence-electron chi connectivity index (χ0n) is 29.6. The molecular weight excluding hydrogens is 719 g/mol. The van der Waals surface area contributed by atoms with Crippen LogP contribution in [-0.2, 0) is 19.3 Å². The van der Waals surface area contributed by atoms with Gasteiger partial charge in [-0.15, -0.1) is 0 Å². The number of hydrogen-bond acceptors (Lipinski definition) is 3. The third kappa shape index (κ3) is 5.37. The maximum atomic E-state index is 16.2. The average Bonchev–Trinajstić information content (AvgIpc) is 3.27. The Morgan fingerprint density at radius 3 is 0.500 bits per heavy atom. The second kappa shape index (κ2) is 14.8. The van der Waals surface area contributed by atoms with Crippen LogP contribution in [0.25, 0.3) is 0 Å². The molecule has 8 aromatic carbocycles. The fraction of sp³-hybridized carbons (Fsp3) is 0. The quantitative estimate of drug-likeness (QED) is 0.118. The molecule has 8 aromatic rings. The summed E-state index contributed by atoms with van der Waals surface area (Å²) < 4.78 is 31.7. The van der Waals surface area contributed by atoms with Gasteiger partial charge in [0.15, 0.2) is 0 Å². The molecule has 0 amide bonds. The second-order valence-corrected chi connectivity index (χ2v) is 23.0. The van der Waals surface area contributed by atoms with Crippen molar-refractivity contribution in [3.05, 3.63) is 243 Å². The molecule has 6 heteroatoms. The summed E-state index contributed by atoms with van der Waals surface area (Å²) in [7, 11) is 0. The third-order valence-corrected chi connectivity index (χ3v) is 24.0. The van der Waals surface area contributed by atoms with E-state index in [4.69, 9.17) is 7.94 Å². The van der Waals surface area contributed by atoms with E-state index in [0.29, 0.717) is 0 Å². The summed E-state index contributed by atoms with van der Waals surface area (Å²) in [5, 5.41) is 7.25. The van der Waals surface area contributed by atoms with Gasteiger partial charge in [-0.1, -0.05) is 0 Å². The van der Waals surface area contributed by atoms with E-state index in [1.165, 1.54) is 0 Å². The van der Waals surface area contributed by atoms with Gasteiger partial charge in [0.2, 0.25) is 0 Å². The molecule has 0 spiro atoms. The van der Waals surface area contributed by atoms with Crippen LogP contribution in [0.4, 0.5) is 0 Å². The maximum absolute atomic E-state index is 16.2. The van der Waals surface area contributed by atoms with Crippen LogP contribution in [-0.4, -0.2) is 4.21 Å². The van der Waals surface area contributed by atoms with E-state index in [1.807, 2.05) is 146 Å². The molecule has 54 heavy (non-hydrogen) atoms. The fourth-order valence-electron chi connectivity index (χ4n) is 8.09. The standard InChI is InChI=1S/C48H40O3P2S/c49-54(50-52(41-25-9-1-10-26-41,42-27-11-2-12-28-42,43-29-13-3-14-30-43)44-31-15-4-16-32-44)51-53(45-33-17-5-18-34-45,46-35-19-6-20-36-46,47-37-21-7-22-38-47)48-39-23-8-24-40-48/h1-40H. The Balaban J connectivity index is 1.52. The van der Waals surface area contributed by atoms with Crippen LogP contribution in [0.5, 0.6) is 0 Å². The molecule has 0 saturated heterocycles. The van der Waals surface area contributed by atoms with Crippen LogP contribution in [0, 0.1) is 0 Å². The van der Waals surface area contributed by atoms with Gasteiger partial charge in [-0.25, -0.2) is 0 Å². The van der Waals surface area contributed by atoms with E-state index in [0.717, 1.165) is 42.4 Å². The molecule has 0 aliphatic rings. The Bertz CT molecular complexity index is 1940. The summed E-state index contributed by atoms with van der Waals surface area (Å²) in [5.41, 5.74) is 0. The summed E-state index contributed by atoms with van der Waals surface area (Å²) in [4.78, 5) is 0. The van der Waals surface area contributed by atoms with E-state index in [2.05, 4.69) is 97.1 Å². The predicted molar refractivity (Wildman–Crippen MR) is 233 cm³/mol. The molecule has 0 saturated carbocycles. The molecule has 0 heterocycles. The van der Waals surface area contributed by atoms with Gasteiger partial charge in [0, 0.05) is 0 Å². The molecule has 0 bridgehead atoms. The average molecular weight is 759 g/mol. The molecule has 0 aromatic heterocycles. The first kappa shape index (κ1) is 35.7. The molecule has 0 atom stereocenters. The van der Waals surface area contributed by atoms with Crippen molar-refractivity contribution < 1.29 is 12.1 Å². The van der Waals surface area contributed by atoms with Crippen LogP contribution in [0.3, 0.4) is 0 Å². The first-order chi connectivity index (χ1) is 26.6. The molecule has 0 aliphatic heterocycles. The van der Waals surface area contributed by atoms with Crippen LogP contribution in [0.15, 0.2) is 243 Å². The van der Waals surface area contributed by atoms with Crippen molar-refractivity contribution in [2.45, 2.75) is 0 Å². The molecule has 3 nitrogen and oxygen atoms in total. The van der Waals surface area contributed by atoms with Gasteiger partial charge in [0.1, 0.15) is 0 Å². The van der Waals surface area contributed by atoms with Crippen molar-refractivity contribution in [3.8, 4) is 0 Å². The van der Waals surface area contributed by atoms with Crippen LogP contribution in [0.1, 0.15) is 0 Å². The van der Waals surface area contributed by atoms with Crippen LogP contribution < -0.4 is 42.4 Å². The van der Waals surface area contributed by atoms with Crippen molar-refractivity contribution in [1.82, 2.24) is 0 Å². The summed E-state index contributed by atoms with van der Waals surface area (Å²) in [6.45, 7) is -8.80. The second-order valence-electron chi connectivity index (χ2n) is 13.1. The predicted octanol–water partition coefficient (Wildman–Crippen LogP) is 8.14. The van der Waals surface area contributed by atoms with E-state index in [9.17, 15) is 0 Å². The van der Waals surface area contributed by atoms with Crippen molar-refractivity contribution in [3.63, 3.8) is 0 Å². The van der Waals surface area contributed by atoms with Gasteiger partial charge in [-0.3, -0.25) is 0 Å². The van der Waals surface area contributed by atoms with E-state index in [1.54, 1.807) is 0 Å². The van der Waals surface area contributed by atoms with E-state index >= 15 is 4.21 Å².